The molecule has 0 radical (unpaired) electrons. The molecule has 0 heterocycles. The second kappa shape index (κ2) is 13.4. The summed E-state index contributed by atoms with van der Waals surface area (Å²) in [7, 11) is 0. The Balaban J connectivity index is 4.24. The van der Waals surface area contributed by atoms with Crippen molar-refractivity contribution in [2.45, 2.75) is 39.7 Å². The lowest BCUT2D eigenvalue weighted by molar-refractivity contribution is -0.134. The van der Waals surface area contributed by atoms with Crippen LogP contribution in [-0.4, -0.2) is 54.5 Å². The first-order chi connectivity index (χ1) is 11.2. The van der Waals surface area contributed by atoms with Gasteiger partial charge in [-0.05, 0) is 29.0 Å². The minimum absolute atomic E-state index is 0.0389. The highest BCUT2D eigenvalue weighted by Gasteiger charge is 2.30. The van der Waals surface area contributed by atoms with Crippen LogP contribution in [0, 0.1) is 5.41 Å². The molecule has 1 atom stereocenters. The van der Waals surface area contributed by atoms with Crippen LogP contribution in [0.25, 0.3) is 0 Å². The summed E-state index contributed by atoms with van der Waals surface area (Å²) in [6, 6.07) is -0.675. The molecule has 7 nitrogen and oxygen atoms in total. The van der Waals surface area contributed by atoms with Crippen molar-refractivity contribution in [2.24, 2.45) is 5.41 Å². The first-order valence-electron chi connectivity index (χ1n) is 7.69. The summed E-state index contributed by atoms with van der Waals surface area (Å²) in [6.07, 6.45) is 0.545. The van der Waals surface area contributed by atoms with E-state index in [-0.39, 0.29) is 28.5 Å². The molecular weight excluding hydrogens is 542 g/mol. The van der Waals surface area contributed by atoms with Crippen LogP contribution in [-0.2, 0) is 23.9 Å². The Morgan fingerprint density at radius 2 is 1.71 bits per heavy atom. The maximum absolute atomic E-state index is 12.4. The SMILES string of the molecule is CC(C)(C)C(=O)C(CCC(=O)I)NC(=O)COCCOCCNI. The zero-order valence-corrected chi connectivity index (χ0v) is 18.6. The lowest BCUT2D eigenvalue weighted by Gasteiger charge is -2.25. The van der Waals surface area contributed by atoms with Gasteiger partial charge in [0, 0.05) is 41.2 Å². The standard InChI is InChI=1S/C15H26I2N2O5/c1-15(2,3)14(22)11(4-5-12(16)20)19-13(21)10-24-9-8-23-7-6-18-17/h11,18H,4-10H2,1-3H3,(H,19,21). The van der Waals surface area contributed by atoms with E-state index in [0.29, 0.717) is 26.2 Å². The molecule has 0 aromatic heterocycles. The Morgan fingerprint density at radius 3 is 2.25 bits per heavy atom. The smallest absolute Gasteiger partial charge is 0.246 e. The number of hydrogen-bond acceptors (Lipinski definition) is 6. The van der Waals surface area contributed by atoms with Gasteiger partial charge in [-0.3, -0.25) is 17.9 Å². The van der Waals surface area contributed by atoms with Gasteiger partial charge in [-0.25, -0.2) is 0 Å². The third-order valence-corrected chi connectivity index (χ3v) is 4.05. The van der Waals surface area contributed by atoms with Gasteiger partial charge in [0.1, 0.15) is 6.61 Å². The number of carbonyl (C=O) groups excluding carboxylic acids is 3. The summed E-state index contributed by atoms with van der Waals surface area (Å²) < 4.78 is 13.4. The Hall–Kier alpha value is 0.150. The van der Waals surface area contributed by atoms with Crippen molar-refractivity contribution in [3.8, 4) is 0 Å². The van der Waals surface area contributed by atoms with Crippen LogP contribution in [0.3, 0.4) is 0 Å². The van der Waals surface area contributed by atoms with E-state index in [4.69, 9.17) is 9.47 Å². The van der Waals surface area contributed by atoms with Crippen LogP contribution in [0.1, 0.15) is 33.6 Å². The Bertz CT molecular complexity index is 413. The Labute approximate surface area is 171 Å². The molecule has 1 unspecified atom stereocenters. The maximum Gasteiger partial charge on any atom is 0.246 e. The van der Waals surface area contributed by atoms with E-state index in [1.165, 1.54) is 0 Å². The molecule has 0 aromatic carbocycles. The largest absolute Gasteiger partial charge is 0.378 e. The van der Waals surface area contributed by atoms with Crippen molar-refractivity contribution in [1.29, 1.82) is 0 Å². The van der Waals surface area contributed by atoms with Crippen molar-refractivity contribution >= 4 is 60.9 Å². The van der Waals surface area contributed by atoms with E-state index in [0.717, 1.165) is 6.54 Å². The summed E-state index contributed by atoms with van der Waals surface area (Å²) in [5, 5.41) is 2.67. The van der Waals surface area contributed by atoms with Gasteiger partial charge in [0.25, 0.3) is 0 Å². The van der Waals surface area contributed by atoms with Crippen molar-refractivity contribution in [3.63, 3.8) is 0 Å². The number of nitrogens with one attached hydrogen (secondary N) is 2. The number of ketones is 1. The Kier molecular flexibility index (Phi) is 13.5. The topological polar surface area (TPSA) is 93.7 Å². The second-order valence-electron chi connectivity index (χ2n) is 6.18. The van der Waals surface area contributed by atoms with Crippen LogP contribution < -0.4 is 8.85 Å². The van der Waals surface area contributed by atoms with Crippen LogP contribution in [0.5, 0.6) is 0 Å². The van der Waals surface area contributed by atoms with Gasteiger partial charge in [0.15, 0.2) is 9.57 Å². The summed E-state index contributed by atoms with van der Waals surface area (Å²) in [5.74, 6) is -0.462. The van der Waals surface area contributed by atoms with E-state index in [2.05, 4.69) is 8.85 Å². The number of hydrogen-bond donors (Lipinski definition) is 2. The molecule has 0 aromatic rings. The fourth-order valence-corrected chi connectivity index (χ4v) is 2.31. The van der Waals surface area contributed by atoms with Gasteiger partial charge in [-0.2, -0.15) is 0 Å². The number of halogens is 2. The monoisotopic (exact) mass is 568 g/mol. The van der Waals surface area contributed by atoms with E-state index in [1.54, 1.807) is 43.4 Å². The molecule has 0 saturated heterocycles. The third kappa shape index (κ3) is 12.5. The number of Topliss-reactive ketones (excluding diaryl/α,β-unsaturated/α-hetero) is 1. The molecule has 0 spiro atoms. The first-order valence-corrected chi connectivity index (χ1v) is 9.85. The summed E-state index contributed by atoms with van der Waals surface area (Å²) in [5.41, 5.74) is -0.590. The normalized spacial score (nSPS) is 12.7. The van der Waals surface area contributed by atoms with Crippen LogP contribution in [0.2, 0.25) is 0 Å². The van der Waals surface area contributed by atoms with Gasteiger partial charge in [0.2, 0.25) is 5.91 Å². The predicted molar refractivity (Wildman–Crippen MR) is 108 cm³/mol. The zero-order valence-electron chi connectivity index (χ0n) is 14.3. The van der Waals surface area contributed by atoms with E-state index in [9.17, 15) is 14.4 Å². The molecule has 2 N–H and O–H groups in total. The minimum atomic E-state index is -0.675. The number of carbonyl (C=O) groups is 3. The molecule has 0 aliphatic rings. The molecule has 0 rings (SSSR count). The van der Waals surface area contributed by atoms with Gasteiger partial charge in [-0.1, -0.05) is 20.8 Å². The van der Waals surface area contributed by atoms with Crippen molar-refractivity contribution in [2.75, 3.05) is 33.0 Å². The molecule has 0 aliphatic carbocycles. The average Bonchev–Trinajstić information content (AvgIpc) is 2.48. The highest BCUT2D eigenvalue weighted by molar-refractivity contribution is 14.1. The highest BCUT2D eigenvalue weighted by Crippen LogP contribution is 2.19. The molecule has 0 fully saturated rings. The predicted octanol–water partition coefficient (Wildman–Crippen LogP) is 1.80. The molecule has 0 saturated carbocycles. The third-order valence-electron chi connectivity index (χ3n) is 2.97. The van der Waals surface area contributed by atoms with Crippen LogP contribution in [0.4, 0.5) is 0 Å². The quantitative estimate of drug-likeness (QED) is 0.153. The number of rotatable bonds is 13. The van der Waals surface area contributed by atoms with Crippen molar-refractivity contribution in [1.82, 2.24) is 8.85 Å². The van der Waals surface area contributed by atoms with Gasteiger partial charge in [0.05, 0.1) is 25.9 Å². The molecular formula is C15H26I2N2O5. The van der Waals surface area contributed by atoms with Gasteiger partial charge >= 0.3 is 0 Å². The van der Waals surface area contributed by atoms with E-state index in [1.807, 2.05) is 22.9 Å². The maximum atomic E-state index is 12.4. The van der Waals surface area contributed by atoms with E-state index >= 15 is 0 Å². The van der Waals surface area contributed by atoms with Crippen molar-refractivity contribution in [3.05, 3.63) is 0 Å². The molecule has 1 amide bonds. The molecule has 9 heteroatoms. The second-order valence-corrected chi connectivity index (χ2v) is 8.14. The first kappa shape index (κ1) is 24.1. The molecule has 0 bridgehead atoms. The van der Waals surface area contributed by atoms with E-state index < -0.39 is 11.5 Å². The zero-order chi connectivity index (χ0) is 18.6. The van der Waals surface area contributed by atoms with Gasteiger partial charge < -0.3 is 14.8 Å². The summed E-state index contributed by atoms with van der Waals surface area (Å²) in [4.78, 5) is 35.5. The minimum Gasteiger partial charge on any atom is -0.378 e. The highest BCUT2D eigenvalue weighted by atomic mass is 127. The van der Waals surface area contributed by atoms with Crippen LogP contribution >= 0.6 is 45.5 Å². The number of ether oxygens (including phenoxy) is 2. The molecule has 0 aliphatic heterocycles. The lowest BCUT2D eigenvalue weighted by Crippen LogP contribution is -2.47. The fourth-order valence-electron chi connectivity index (χ4n) is 1.78. The molecule has 24 heavy (non-hydrogen) atoms. The van der Waals surface area contributed by atoms with Gasteiger partial charge in [-0.15, -0.1) is 0 Å². The average molecular weight is 568 g/mol. The summed E-state index contributed by atoms with van der Waals surface area (Å²) >= 11 is 3.72. The fraction of sp³-hybridized carbons (Fsp3) is 0.800. The lowest BCUT2D eigenvalue weighted by atomic mass is 9.85. The Morgan fingerprint density at radius 1 is 1.08 bits per heavy atom. The number of amides is 1. The van der Waals surface area contributed by atoms with Crippen molar-refractivity contribution < 1.29 is 23.9 Å². The summed E-state index contributed by atoms with van der Waals surface area (Å²) in [6.45, 7) is 7.26. The van der Waals surface area contributed by atoms with Crippen LogP contribution in [0.15, 0.2) is 0 Å². The molecule has 140 valence electrons.